The van der Waals surface area contributed by atoms with Crippen LogP contribution in [0.15, 0.2) is 0 Å². The molecule has 96 valence electrons. The van der Waals surface area contributed by atoms with Crippen molar-refractivity contribution in [1.29, 1.82) is 0 Å². The Hall–Kier alpha value is -0.0800. The van der Waals surface area contributed by atoms with E-state index in [9.17, 15) is 0 Å². The van der Waals surface area contributed by atoms with Crippen molar-refractivity contribution in [2.24, 2.45) is 5.92 Å². The molecule has 0 saturated carbocycles. The van der Waals surface area contributed by atoms with E-state index in [1.807, 2.05) is 0 Å². The Morgan fingerprint density at radius 1 is 1.25 bits per heavy atom. The molecule has 0 spiro atoms. The molecule has 16 heavy (non-hydrogen) atoms. The Labute approximate surface area is 102 Å². The minimum Gasteiger partial charge on any atom is -0.311 e. The molecular formula is C14H30N2. The molecule has 1 aliphatic heterocycles. The Morgan fingerprint density at radius 3 is 2.44 bits per heavy atom. The molecule has 1 aliphatic rings. The van der Waals surface area contributed by atoms with Gasteiger partial charge in [0.2, 0.25) is 0 Å². The fraction of sp³-hybridized carbons (Fsp3) is 1.00. The van der Waals surface area contributed by atoms with Gasteiger partial charge in [-0.15, -0.1) is 0 Å². The van der Waals surface area contributed by atoms with E-state index in [1.54, 1.807) is 0 Å². The van der Waals surface area contributed by atoms with Gasteiger partial charge in [0.05, 0.1) is 0 Å². The highest BCUT2D eigenvalue weighted by Crippen LogP contribution is 2.18. The lowest BCUT2D eigenvalue weighted by Gasteiger charge is -2.43. The lowest BCUT2D eigenvalue weighted by Crippen LogP contribution is -2.58. The van der Waals surface area contributed by atoms with Gasteiger partial charge in [0.1, 0.15) is 0 Å². The smallest absolute Gasteiger partial charge is 0.0221 e. The molecule has 0 amide bonds. The molecular weight excluding hydrogens is 196 g/mol. The molecule has 0 aromatic rings. The summed E-state index contributed by atoms with van der Waals surface area (Å²) in [5, 5.41) is 3.72. The summed E-state index contributed by atoms with van der Waals surface area (Å²) in [6, 6.07) is 2.19. The lowest BCUT2D eigenvalue weighted by atomic mass is 9.97. The van der Waals surface area contributed by atoms with E-state index in [1.165, 1.54) is 32.4 Å². The van der Waals surface area contributed by atoms with Crippen molar-refractivity contribution < 1.29 is 0 Å². The molecule has 0 bridgehead atoms. The van der Waals surface area contributed by atoms with Gasteiger partial charge < -0.3 is 5.32 Å². The highest BCUT2D eigenvalue weighted by atomic mass is 15.2. The predicted molar refractivity (Wildman–Crippen MR) is 71.8 cm³/mol. The van der Waals surface area contributed by atoms with E-state index in [0.29, 0.717) is 6.04 Å². The summed E-state index contributed by atoms with van der Waals surface area (Å²) in [7, 11) is 0. The summed E-state index contributed by atoms with van der Waals surface area (Å²) >= 11 is 0. The normalized spacial score (nSPS) is 29.6. The number of hydrogen-bond donors (Lipinski definition) is 1. The zero-order chi connectivity index (χ0) is 12.1. The molecule has 3 atom stereocenters. The average molecular weight is 226 g/mol. The van der Waals surface area contributed by atoms with Gasteiger partial charge >= 0.3 is 0 Å². The van der Waals surface area contributed by atoms with Crippen LogP contribution in [-0.4, -0.2) is 36.1 Å². The quantitative estimate of drug-likeness (QED) is 0.775. The third-order valence-corrected chi connectivity index (χ3v) is 3.93. The van der Waals surface area contributed by atoms with Crippen LogP contribution in [0.2, 0.25) is 0 Å². The standard InChI is InChI=1S/C14H30N2/c1-6-12(5)16-10-13(8-11(3)4)15-9-14(16)7-2/h11-15H,6-10H2,1-5H3. The molecule has 0 aromatic carbocycles. The van der Waals surface area contributed by atoms with Crippen molar-refractivity contribution in [1.82, 2.24) is 10.2 Å². The lowest BCUT2D eigenvalue weighted by molar-refractivity contribution is 0.0788. The Kier molecular flexibility index (Phi) is 5.77. The van der Waals surface area contributed by atoms with Crippen LogP contribution >= 0.6 is 0 Å². The van der Waals surface area contributed by atoms with Crippen LogP contribution in [0, 0.1) is 5.92 Å². The second-order valence-electron chi connectivity index (χ2n) is 5.75. The van der Waals surface area contributed by atoms with E-state index in [0.717, 1.165) is 18.0 Å². The van der Waals surface area contributed by atoms with Gasteiger partial charge in [0.25, 0.3) is 0 Å². The van der Waals surface area contributed by atoms with E-state index in [2.05, 4.69) is 44.8 Å². The Morgan fingerprint density at radius 2 is 1.94 bits per heavy atom. The summed E-state index contributed by atoms with van der Waals surface area (Å²) in [5.74, 6) is 0.800. The van der Waals surface area contributed by atoms with Crippen molar-refractivity contribution in [3.8, 4) is 0 Å². The van der Waals surface area contributed by atoms with E-state index in [-0.39, 0.29) is 0 Å². The zero-order valence-electron chi connectivity index (χ0n) is 11.8. The van der Waals surface area contributed by atoms with Crippen LogP contribution in [0.25, 0.3) is 0 Å². The zero-order valence-corrected chi connectivity index (χ0v) is 11.8. The van der Waals surface area contributed by atoms with Crippen molar-refractivity contribution in [3.63, 3.8) is 0 Å². The van der Waals surface area contributed by atoms with Crippen molar-refractivity contribution in [3.05, 3.63) is 0 Å². The SMILES string of the molecule is CCC(C)N1CC(CC(C)C)NCC1CC. The largest absolute Gasteiger partial charge is 0.311 e. The molecule has 3 unspecified atom stereocenters. The topological polar surface area (TPSA) is 15.3 Å². The summed E-state index contributed by atoms with van der Waals surface area (Å²) < 4.78 is 0. The minimum absolute atomic E-state index is 0.705. The average Bonchev–Trinajstić information content (AvgIpc) is 2.27. The van der Waals surface area contributed by atoms with Gasteiger partial charge in [-0.05, 0) is 32.1 Å². The molecule has 2 heteroatoms. The number of nitrogens with zero attached hydrogens (tertiary/aromatic N) is 1. The number of piperazine rings is 1. The van der Waals surface area contributed by atoms with Crippen LogP contribution in [0.5, 0.6) is 0 Å². The molecule has 1 N–H and O–H groups in total. The van der Waals surface area contributed by atoms with Crippen LogP contribution in [0.1, 0.15) is 53.9 Å². The fourth-order valence-electron chi connectivity index (χ4n) is 2.77. The summed E-state index contributed by atoms with van der Waals surface area (Å²) in [6.45, 7) is 14.0. The van der Waals surface area contributed by atoms with Gasteiger partial charge in [-0.3, -0.25) is 4.90 Å². The third kappa shape index (κ3) is 3.74. The monoisotopic (exact) mass is 226 g/mol. The number of rotatable bonds is 5. The maximum atomic E-state index is 3.72. The van der Waals surface area contributed by atoms with Crippen LogP contribution in [0.4, 0.5) is 0 Å². The van der Waals surface area contributed by atoms with Gasteiger partial charge in [0.15, 0.2) is 0 Å². The number of hydrogen-bond acceptors (Lipinski definition) is 2. The maximum Gasteiger partial charge on any atom is 0.0221 e. The first-order chi connectivity index (χ1) is 7.58. The van der Waals surface area contributed by atoms with Gasteiger partial charge in [-0.2, -0.15) is 0 Å². The van der Waals surface area contributed by atoms with E-state index >= 15 is 0 Å². The summed E-state index contributed by atoms with van der Waals surface area (Å²) in [6.07, 6.45) is 3.85. The highest BCUT2D eigenvalue weighted by molar-refractivity contribution is 4.88. The first kappa shape index (κ1) is 14.0. The minimum atomic E-state index is 0.705. The second-order valence-corrected chi connectivity index (χ2v) is 5.75. The summed E-state index contributed by atoms with van der Waals surface area (Å²) in [5.41, 5.74) is 0. The second kappa shape index (κ2) is 6.61. The first-order valence-corrected chi connectivity index (χ1v) is 7.07. The van der Waals surface area contributed by atoms with Crippen LogP contribution in [0.3, 0.4) is 0 Å². The first-order valence-electron chi connectivity index (χ1n) is 7.07. The van der Waals surface area contributed by atoms with Gasteiger partial charge in [0, 0.05) is 31.2 Å². The molecule has 1 rings (SSSR count). The molecule has 0 radical (unpaired) electrons. The van der Waals surface area contributed by atoms with Gasteiger partial charge in [-0.1, -0.05) is 27.7 Å². The van der Waals surface area contributed by atoms with Crippen molar-refractivity contribution in [2.75, 3.05) is 13.1 Å². The highest BCUT2D eigenvalue weighted by Gasteiger charge is 2.29. The fourth-order valence-corrected chi connectivity index (χ4v) is 2.77. The van der Waals surface area contributed by atoms with Gasteiger partial charge in [-0.25, -0.2) is 0 Å². The molecule has 1 heterocycles. The molecule has 2 nitrogen and oxygen atoms in total. The number of nitrogens with one attached hydrogen (secondary N) is 1. The Bertz CT molecular complexity index is 191. The third-order valence-electron chi connectivity index (χ3n) is 3.93. The van der Waals surface area contributed by atoms with E-state index < -0.39 is 0 Å². The summed E-state index contributed by atoms with van der Waals surface area (Å²) in [4.78, 5) is 2.73. The van der Waals surface area contributed by atoms with Crippen LogP contribution in [-0.2, 0) is 0 Å². The predicted octanol–water partition coefficient (Wildman–Crippen LogP) is 2.88. The van der Waals surface area contributed by atoms with Crippen molar-refractivity contribution in [2.45, 2.75) is 72.0 Å². The molecule has 1 saturated heterocycles. The van der Waals surface area contributed by atoms with E-state index in [4.69, 9.17) is 0 Å². The maximum absolute atomic E-state index is 3.72. The molecule has 1 fully saturated rings. The van der Waals surface area contributed by atoms with Crippen molar-refractivity contribution >= 4 is 0 Å². The molecule has 0 aliphatic carbocycles. The van der Waals surface area contributed by atoms with Crippen LogP contribution < -0.4 is 5.32 Å². The Balaban J connectivity index is 2.54. The molecule has 0 aromatic heterocycles.